The highest BCUT2D eigenvalue weighted by molar-refractivity contribution is 6.05. The molecule has 0 bridgehead atoms. The lowest BCUT2D eigenvalue weighted by Gasteiger charge is -2.18. The Labute approximate surface area is 100 Å². The van der Waals surface area contributed by atoms with Gasteiger partial charge in [0.2, 0.25) is 5.91 Å². The standard InChI is InChI=1S/C14H13NO2/c1-3-11-8-14(17)15(9-11)13-7-5-4-6-12(13)10(2)16/h1,4-7,11H,8-9H2,2H3. The summed E-state index contributed by atoms with van der Waals surface area (Å²) >= 11 is 0. The molecule has 0 radical (unpaired) electrons. The Hall–Kier alpha value is -2.08. The lowest BCUT2D eigenvalue weighted by Crippen LogP contribution is -2.26. The van der Waals surface area contributed by atoms with Crippen molar-refractivity contribution in [1.29, 1.82) is 0 Å². The molecule has 1 heterocycles. The van der Waals surface area contributed by atoms with Crippen molar-refractivity contribution >= 4 is 17.4 Å². The maximum Gasteiger partial charge on any atom is 0.228 e. The van der Waals surface area contributed by atoms with Crippen LogP contribution in [0.2, 0.25) is 0 Å². The molecule has 0 aromatic heterocycles. The lowest BCUT2D eigenvalue weighted by molar-refractivity contribution is -0.117. The van der Waals surface area contributed by atoms with Crippen molar-refractivity contribution in [3.8, 4) is 12.3 Å². The molecule has 0 aliphatic carbocycles. The summed E-state index contributed by atoms with van der Waals surface area (Å²) in [5.41, 5.74) is 1.24. The van der Waals surface area contributed by atoms with Gasteiger partial charge >= 0.3 is 0 Å². The number of benzene rings is 1. The van der Waals surface area contributed by atoms with Crippen LogP contribution in [0.25, 0.3) is 0 Å². The second-order valence-electron chi connectivity index (χ2n) is 4.15. The van der Waals surface area contributed by atoms with Gasteiger partial charge in [0, 0.05) is 24.4 Å². The summed E-state index contributed by atoms with van der Waals surface area (Å²) in [6.45, 7) is 2.00. The van der Waals surface area contributed by atoms with Gasteiger partial charge in [-0.3, -0.25) is 9.59 Å². The Morgan fingerprint density at radius 2 is 2.18 bits per heavy atom. The van der Waals surface area contributed by atoms with Gasteiger partial charge < -0.3 is 4.90 Å². The van der Waals surface area contributed by atoms with Crippen LogP contribution in [0.5, 0.6) is 0 Å². The van der Waals surface area contributed by atoms with Crippen LogP contribution in [0.4, 0.5) is 5.69 Å². The van der Waals surface area contributed by atoms with E-state index in [9.17, 15) is 9.59 Å². The first kappa shape index (κ1) is 11.4. The van der Waals surface area contributed by atoms with Gasteiger partial charge in [0.25, 0.3) is 0 Å². The first-order valence-electron chi connectivity index (χ1n) is 5.50. The van der Waals surface area contributed by atoms with E-state index in [0.717, 1.165) is 0 Å². The third kappa shape index (κ3) is 2.07. The van der Waals surface area contributed by atoms with Crippen molar-refractivity contribution in [3.63, 3.8) is 0 Å². The molecule has 1 unspecified atom stereocenters. The predicted octanol–water partition coefficient (Wildman–Crippen LogP) is 1.88. The molecule has 0 N–H and O–H groups in total. The van der Waals surface area contributed by atoms with Crippen LogP contribution in [0.1, 0.15) is 23.7 Å². The van der Waals surface area contributed by atoms with Crippen LogP contribution in [-0.2, 0) is 4.79 Å². The number of rotatable bonds is 2. The minimum atomic E-state index is -0.0532. The van der Waals surface area contributed by atoms with Crippen LogP contribution in [0, 0.1) is 18.3 Å². The minimum Gasteiger partial charge on any atom is -0.310 e. The molecule has 2 rings (SSSR count). The Kier molecular flexibility index (Phi) is 2.97. The molecule has 1 aliphatic rings. The monoisotopic (exact) mass is 227 g/mol. The van der Waals surface area contributed by atoms with Gasteiger partial charge in [-0.15, -0.1) is 12.3 Å². The highest BCUT2D eigenvalue weighted by Gasteiger charge is 2.30. The first-order chi connectivity index (χ1) is 8.13. The molecule has 1 fully saturated rings. The summed E-state index contributed by atoms with van der Waals surface area (Å²) in [5, 5.41) is 0. The number of terminal acetylenes is 1. The van der Waals surface area contributed by atoms with Crippen molar-refractivity contribution in [2.75, 3.05) is 11.4 Å². The average molecular weight is 227 g/mol. The third-order valence-corrected chi connectivity index (χ3v) is 2.93. The normalized spacial score (nSPS) is 19.2. The van der Waals surface area contributed by atoms with Gasteiger partial charge in [0.15, 0.2) is 5.78 Å². The van der Waals surface area contributed by atoms with Gasteiger partial charge in [-0.2, -0.15) is 0 Å². The molecular formula is C14H13NO2. The van der Waals surface area contributed by atoms with Gasteiger partial charge in [-0.1, -0.05) is 12.1 Å². The molecule has 86 valence electrons. The van der Waals surface area contributed by atoms with Crippen molar-refractivity contribution in [3.05, 3.63) is 29.8 Å². The summed E-state index contributed by atoms with van der Waals surface area (Å²) in [6.07, 6.45) is 5.70. The van der Waals surface area contributed by atoms with E-state index in [1.807, 2.05) is 6.07 Å². The maximum absolute atomic E-state index is 11.8. The fourth-order valence-corrected chi connectivity index (χ4v) is 2.06. The highest BCUT2D eigenvalue weighted by atomic mass is 16.2. The van der Waals surface area contributed by atoms with Crippen LogP contribution in [0.15, 0.2) is 24.3 Å². The summed E-state index contributed by atoms with van der Waals surface area (Å²) in [4.78, 5) is 25.0. The van der Waals surface area contributed by atoms with Gasteiger partial charge in [0.05, 0.1) is 5.69 Å². The van der Waals surface area contributed by atoms with E-state index in [1.54, 1.807) is 23.1 Å². The molecule has 1 saturated heterocycles. The number of carbonyl (C=O) groups is 2. The third-order valence-electron chi connectivity index (χ3n) is 2.93. The maximum atomic E-state index is 11.8. The number of Topliss-reactive ketones (excluding diaryl/α,β-unsaturated/α-hetero) is 1. The highest BCUT2D eigenvalue weighted by Crippen LogP contribution is 2.27. The second-order valence-corrected chi connectivity index (χ2v) is 4.15. The van der Waals surface area contributed by atoms with Crippen molar-refractivity contribution in [1.82, 2.24) is 0 Å². The minimum absolute atomic E-state index is 0.0124. The summed E-state index contributed by atoms with van der Waals surface area (Å²) in [7, 11) is 0. The van der Waals surface area contributed by atoms with Crippen LogP contribution in [0.3, 0.4) is 0 Å². The SMILES string of the molecule is C#CC1CC(=O)N(c2ccccc2C(C)=O)C1. The van der Waals surface area contributed by atoms with Crippen LogP contribution in [-0.4, -0.2) is 18.2 Å². The van der Waals surface area contributed by atoms with Crippen LogP contribution < -0.4 is 4.90 Å². The van der Waals surface area contributed by atoms with E-state index in [4.69, 9.17) is 6.42 Å². The number of para-hydroxylation sites is 1. The Morgan fingerprint density at radius 1 is 1.47 bits per heavy atom. The van der Waals surface area contributed by atoms with E-state index in [1.165, 1.54) is 6.92 Å². The zero-order chi connectivity index (χ0) is 12.4. The van der Waals surface area contributed by atoms with Gasteiger partial charge in [-0.05, 0) is 19.1 Å². The van der Waals surface area contributed by atoms with E-state index in [0.29, 0.717) is 24.2 Å². The number of anilines is 1. The lowest BCUT2D eigenvalue weighted by atomic mass is 10.1. The molecule has 0 spiro atoms. The summed E-state index contributed by atoms with van der Waals surface area (Å²) in [5.74, 6) is 2.49. The molecular weight excluding hydrogens is 214 g/mol. The fraction of sp³-hybridized carbons (Fsp3) is 0.286. The molecule has 0 saturated carbocycles. The predicted molar refractivity (Wildman–Crippen MR) is 65.7 cm³/mol. The topological polar surface area (TPSA) is 37.4 Å². The number of hydrogen-bond acceptors (Lipinski definition) is 2. The number of ketones is 1. The summed E-state index contributed by atoms with van der Waals surface area (Å²) in [6, 6.07) is 7.12. The van der Waals surface area contributed by atoms with E-state index in [-0.39, 0.29) is 17.6 Å². The molecule has 1 aliphatic heterocycles. The van der Waals surface area contributed by atoms with Crippen molar-refractivity contribution in [2.24, 2.45) is 5.92 Å². The number of amides is 1. The Morgan fingerprint density at radius 3 is 2.76 bits per heavy atom. The number of carbonyl (C=O) groups excluding carboxylic acids is 2. The van der Waals surface area contributed by atoms with Gasteiger partial charge in [0.1, 0.15) is 0 Å². The zero-order valence-electron chi connectivity index (χ0n) is 9.64. The smallest absolute Gasteiger partial charge is 0.228 e. The molecule has 1 atom stereocenters. The molecule has 3 nitrogen and oxygen atoms in total. The first-order valence-corrected chi connectivity index (χ1v) is 5.50. The van der Waals surface area contributed by atoms with Crippen molar-refractivity contribution in [2.45, 2.75) is 13.3 Å². The van der Waals surface area contributed by atoms with Gasteiger partial charge in [-0.25, -0.2) is 0 Å². The zero-order valence-corrected chi connectivity index (χ0v) is 9.64. The van der Waals surface area contributed by atoms with Crippen molar-refractivity contribution < 1.29 is 9.59 Å². The number of hydrogen-bond donors (Lipinski definition) is 0. The number of nitrogens with zero attached hydrogens (tertiary/aromatic N) is 1. The van der Waals surface area contributed by atoms with E-state index >= 15 is 0 Å². The van der Waals surface area contributed by atoms with E-state index < -0.39 is 0 Å². The molecule has 17 heavy (non-hydrogen) atoms. The Bertz CT molecular complexity index is 513. The Balaban J connectivity index is 2.39. The average Bonchev–Trinajstić information content (AvgIpc) is 2.70. The quantitative estimate of drug-likeness (QED) is 0.571. The molecule has 3 heteroatoms. The fourth-order valence-electron chi connectivity index (χ4n) is 2.06. The van der Waals surface area contributed by atoms with Crippen LogP contribution >= 0.6 is 0 Å². The molecule has 1 amide bonds. The molecule has 1 aromatic carbocycles. The second kappa shape index (κ2) is 4.42. The van der Waals surface area contributed by atoms with E-state index in [2.05, 4.69) is 5.92 Å². The molecule has 1 aromatic rings. The largest absolute Gasteiger partial charge is 0.310 e. The summed E-state index contributed by atoms with van der Waals surface area (Å²) < 4.78 is 0.